The maximum Gasteiger partial charge on any atom is 0.0270 e. The molecular formula is C12H16N2. The molecular weight excluding hydrogens is 172 g/mol. The Morgan fingerprint density at radius 2 is 1.86 bits per heavy atom. The summed E-state index contributed by atoms with van der Waals surface area (Å²) in [5.41, 5.74) is 8.44. The van der Waals surface area contributed by atoms with E-state index in [1.54, 1.807) is 0 Å². The molecule has 0 unspecified atom stereocenters. The molecule has 0 saturated carbocycles. The lowest BCUT2D eigenvalue weighted by molar-refractivity contribution is 0.866. The second-order valence-corrected chi connectivity index (χ2v) is 3.54. The van der Waals surface area contributed by atoms with Crippen molar-refractivity contribution in [3.63, 3.8) is 0 Å². The van der Waals surface area contributed by atoms with E-state index in [-0.39, 0.29) is 0 Å². The third-order valence-electron chi connectivity index (χ3n) is 2.25. The van der Waals surface area contributed by atoms with E-state index in [0.29, 0.717) is 5.92 Å². The predicted molar refractivity (Wildman–Crippen MR) is 61.5 cm³/mol. The van der Waals surface area contributed by atoms with Crippen LogP contribution >= 0.6 is 0 Å². The molecule has 0 bridgehead atoms. The summed E-state index contributed by atoms with van der Waals surface area (Å²) in [7, 11) is 0. The van der Waals surface area contributed by atoms with Crippen LogP contribution in [0.5, 0.6) is 0 Å². The topological polar surface area (TPSA) is 49.9 Å². The van der Waals surface area contributed by atoms with Crippen molar-refractivity contribution < 1.29 is 0 Å². The smallest absolute Gasteiger partial charge is 0.0270 e. The summed E-state index contributed by atoms with van der Waals surface area (Å²) in [6.07, 6.45) is 2.72. The molecule has 0 spiro atoms. The number of nitrogens with one attached hydrogen (secondary N) is 1. The van der Waals surface area contributed by atoms with Crippen LogP contribution in [0.25, 0.3) is 5.57 Å². The number of benzene rings is 1. The first kappa shape index (κ1) is 10.5. The lowest BCUT2D eigenvalue weighted by atomic mass is 9.99. The van der Waals surface area contributed by atoms with Gasteiger partial charge in [0.25, 0.3) is 0 Å². The Labute approximate surface area is 85.0 Å². The average molecular weight is 188 g/mol. The molecule has 0 atom stereocenters. The molecule has 0 saturated heterocycles. The highest BCUT2D eigenvalue weighted by Gasteiger charge is 2.00. The van der Waals surface area contributed by atoms with Crippen LogP contribution in [-0.4, -0.2) is 6.21 Å². The van der Waals surface area contributed by atoms with Crippen molar-refractivity contribution >= 4 is 11.8 Å². The fourth-order valence-corrected chi connectivity index (χ4v) is 1.29. The number of rotatable bonds is 3. The second-order valence-electron chi connectivity index (χ2n) is 3.54. The SMILES string of the molecule is CC(C)c1ccc(/C(C=N)=C/N)cc1. The van der Waals surface area contributed by atoms with E-state index in [0.717, 1.165) is 11.1 Å². The monoisotopic (exact) mass is 188 g/mol. The average Bonchev–Trinajstić information content (AvgIpc) is 2.20. The zero-order valence-corrected chi connectivity index (χ0v) is 8.62. The number of nitrogens with two attached hydrogens (primary N) is 1. The van der Waals surface area contributed by atoms with Crippen LogP contribution in [0.4, 0.5) is 0 Å². The van der Waals surface area contributed by atoms with E-state index in [1.807, 2.05) is 12.1 Å². The lowest BCUT2D eigenvalue weighted by Gasteiger charge is -2.06. The van der Waals surface area contributed by atoms with Crippen molar-refractivity contribution in [2.24, 2.45) is 5.73 Å². The maximum atomic E-state index is 7.16. The minimum absolute atomic E-state index is 0.536. The van der Waals surface area contributed by atoms with Gasteiger partial charge in [-0.15, -0.1) is 0 Å². The number of allylic oxidation sites excluding steroid dienone is 1. The third-order valence-corrected chi connectivity index (χ3v) is 2.25. The maximum absolute atomic E-state index is 7.16. The summed E-state index contributed by atoms with van der Waals surface area (Å²) in [6.45, 7) is 4.32. The van der Waals surface area contributed by atoms with Crippen LogP contribution in [0.15, 0.2) is 30.5 Å². The van der Waals surface area contributed by atoms with E-state index in [2.05, 4.69) is 26.0 Å². The summed E-state index contributed by atoms with van der Waals surface area (Å²) in [5, 5.41) is 7.16. The van der Waals surface area contributed by atoms with Crippen molar-refractivity contribution in [3.8, 4) is 0 Å². The summed E-state index contributed by atoms with van der Waals surface area (Å²) in [6, 6.07) is 8.15. The van der Waals surface area contributed by atoms with E-state index >= 15 is 0 Å². The van der Waals surface area contributed by atoms with Crippen LogP contribution in [0.2, 0.25) is 0 Å². The highest BCUT2D eigenvalue weighted by Crippen LogP contribution is 2.17. The molecule has 1 aromatic rings. The van der Waals surface area contributed by atoms with Gasteiger partial charge in [-0.3, -0.25) is 0 Å². The van der Waals surface area contributed by atoms with Gasteiger partial charge in [0.1, 0.15) is 0 Å². The Kier molecular flexibility index (Phi) is 3.46. The van der Waals surface area contributed by atoms with Gasteiger partial charge in [-0.25, -0.2) is 0 Å². The highest BCUT2D eigenvalue weighted by molar-refractivity contribution is 6.08. The molecule has 14 heavy (non-hydrogen) atoms. The van der Waals surface area contributed by atoms with Crippen molar-refractivity contribution in [2.45, 2.75) is 19.8 Å². The Hall–Kier alpha value is -1.57. The Morgan fingerprint density at radius 1 is 1.29 bits per heavy atom. The molecule has 0 heterocycles. The van der Waals surface area contributed by atoms with Gasteiger partial charge in [-0.1, -0.05) is 38.1 Å². The third kappa shape index (κ3) is 2.22. The molecule has 1 rings (SSSR count). The zero-order chi connectivity index (χ0) is 10.6. The molecule has 3 N–H and O–H groups in total. The van der Waals surface area contributed by atoms with E-state index < -0.39 is 0 Å². The quantitative estimate of drug-likeness (QED) is 0.704. The van der Waals surface area contributed by atoms with E-state index in [4.69, 9.17) is 11.1 Å². The lowest BCUT2D eigenvalue weighted by Crippen LogP contribution is -1.92. The van der Waals surface area contributed by atoms with Gasteiger partial charge in [0.05, 0.1) is 0 Å². The van der Waals surface area contributed by atoms with Gasteiger partial charge in [-0.2, -0.15) is 0 Å². The standard InChI is InChI=1S/C12H16N2/c1-9(2)10-3-5-11(6-4-10)12(7-13)8-14/h3-9,13H,14H2,1-2H3/b12-8+,13-7?. The van der Waals surface area contributed by atoms with E-state index in [9.17, 15) is 0 Å². The molecule has 0 aliphatic heterocycles. The van der Waals surface area contributed by atoms with Gasteiger partial charge < -0.3 is 11.1 Å². The van der Waals surface area contributed by atoms with Crippen molar-refractivity contribution in [1.82, 2.24) is 0 Å². The first-order chi connectivity index (χ1) is 6.69. The molecule has 2 heteroatoms. The Morgan fingerprint density at radius 3 is 2.21 bits per heavy atom. The Balaban J connectivity index is 2.99. The van der Waals surface area contributed by atoms with Gasteiger partial charge in [-0.05, 0) is 17.0 Å². The van der Waals surface area contributed by atoms with Gasteiger partial charge >= 0.3 is 0 Å². The molecule has 0 aliphatic rings. The molecule has 0 fully saturated rings. The van der Waals surface area contributed by atoms with E-state index in [1.165, 1.54) is 18.0 Å². The van der Waals surface area contributed by atoms with Crippen LogP contribution in [0.3, 0.4) is 0 Å². The van der Waals surface area contributed by atoms with Crippen molar-refractivity contribution in [3.05, 3.63) is 41.6 Å². The summed E-state index contributed by atoms with van der Waals surface area (Å²) in [5.74, 6) is 0.536. The van der Waals surface area contributed by atoms with Crippen molar-refractivity contribution in [2.75, 3.05) is 0 Å². The Bertz CT molecular complexity index is 334. The largest absolute Gasteiger partial charge is 0.404 e. The first-order valence-corrected chi connectivity index (χ1v) is 4.71. The zero-order valence-electron chi connectivity index (χ0n) is 8.62. The molecule has 0 amide bonds. The van der Waals surface area contributed by atoms with Gasteiger partial charge in [0.2, 0.25) is 0 Å². The highest BCUT2D eigenvalue weighted by atomic mass is 14.5. The number of hydrogen-bond donors (Lipinski definition) is 2. The second kappa shape index (κ2) is 4.61. The molecule has 0 radical (unpaired) electrons. The molecule has 0 aromatic heterocycles. The molecule has 0 aliphatic carbocycles. The summed E-state index contributed by atoms with van der Waals surface area (Å²) >= 11 is 0. The van der Waals surface area contributed by atoms with Crippen LogP contribution in [0.1, 0.15) is 30.9 Å². The van der Waals surface area contributed by atoms with Crippen molar-refractivity contribution in [1.29, 1.82) is 5.41 Å². The minimum atomic E-state index is 0.536. The summed E-state index contributed by atoms with van der Waals surface area (Å²) in [4.78, 5) is 0. The summed E-state index contributed by atoms with van der Waals surface area (Å²) < 4.78 is 0. The molecule has 1 aromatic carbocycles. The number of hydrogen-bond acceptors (Lipinski definition) is 2. The molecule has 74 valence electrons. The fourth-order valence-electron chi connectivity index (χ4n) is 1.29. The fraction of sp³-hybridized carbons (Fsp3) is 0.250. The minimum Gasteiger partial charge on any atom is -0.404 e. The van der Waals surface area contributed by atoms with Crippen LogP contribution in [-0.2, 0) is 0 Å². The van der Waals surface area contributed by atoms with Crippen LogP contribution < -0.4 is 5.73 Å². The van der Waals surface area contributed by atoms with Crippen LogP contribution in [0, 0.1) is 5.41 Å². The molecule has 2 nitrogen and oxygen atoms in total. The normalized spacial score (nSPS) is 11.8. The predicted octanol–water partition coefficient (Wildman–Crippen LogP) is 2.76. The first-order valence-electron chi connectivity index (χ1n) is 4.71. The van der Waals surface area contributed by atoms with Gasteiger partial charge in [0.15, 0.2) is 0 Å². The van der Waals surface area contributed by atoms with Gasteiger partial charge in [0, 0.05) is 18.0 Å².